The number of rotatable bonds is 6. The van der Waals surface area contributed by atoms with E-state index >= 15 is 0 Å². The Morgan fingerprint density at radius 2 is 1.71 bits per heavy atom. The largest absolute Gasteiger partial charge is 0.457 e. The van der Waals surface area contributed by atoms with Crippen LogP contribution in [0.1, 0.15) is 29.6 Å². The molecule has 7 nitrogen and oxygen atoms in total. The number of carbonyl (C=O) groups is 1. The highest BCUT2D eigenvalue weighted by Gasteiger charge is 2.19. The maximum atomic E-state index is 13.1. The van der Waals surface area contributed by atoms with Crippen LogP contribution in [0.15, 0.2) is 60.8 Å². The summed E-state index contributed by atoms with van der Waals surface area (Å²) >= 11 is 0. The van der Waals surface area contributed by atoms with Crippen LogP contribution in [0.3, 0.4) is 0 Å². The lowest BCUT2D eigenvalue weighted by Gasteiger charge is -2.28. The summed E-state index contributed by atoms with van der Waals surface area (Å²) < 4.78 is 5.94. The summed E-state index contributed by atoms with van der Waals surface area (Å²) in [5.74, 6) is 2.26. The summed E-state index contributed by atoms with van der Waals surface area (Å²) in [6.45, 7) is 1.92. The van der Waals surface area contributed by atoms with Crippen molar-refractivity contribution in [2.24, 2.45) is 0 Å². The van der Waals surface area contributed by atoms with Crippen molar-refractivity contribution in [3.05, 3.63) is 66.4 Å². The van der Waals surface area contributed by atoms with E-state index in [1.54, 1.807) is 18.3 Å². The van der Waals surface area contributed by atoms with Gasteiger partial charge in [0.2, 0.25) is 5.95 Å². The molecule has 0 spiro atoms. The van der Waals surface area contributed by atoms with Gasteiger partial charge in [-0.05, 0) is 43.5 Å². The lowest BCUT2D eigenvalue weighted by molar-refractivity contribution is 0.102. The predicted octanol–water partition coefficient (Wildman–Crippen LogP) is 4.58. The van der Waals surface area contributed by atoms with Crippen LogP contribution in [0.2, 0.25) is 0 Å². The third-order valence-electron chi connectivity index (χ3n) is 5.17. The monoisotopic (exact) mass is 417 g/mol. The van der Waals surface area contributed by atoms with Crippen LogP contribution in [-0.4, -0.2) is 43.1 Å². The van der Waals surface area contributed by atoms with Gasteiger partial charge in [0.05, 0.1) is 11.8 Å². The molecule has 0 aliphatic carbocycles. The first-order chi connectivity index (χ1) is 15.1. The van der Waals surface area contributed by atoms with Crippen molar-refractivity contribution in [3.63, 3.8) is 0 Å². The number of ether oxygens (including phenoxy) is 1. The Bertz CT molecular complexity index is 1030. The average Bonchev–Trinajstić information content (AvgIpc) is 2.81. The zero-order valence-corrected chi connectivity index (χ0v) is 17.9. The number of nitrogens with one attached hydrogen (secondary N) is 1. The van der Waals surface area contributed by atoms with Crippen molar-refractivity contribution < 1.29 is 9.53 Å². The number of aromatic nitrogens is 2. The van der Waals surface area contributed by atoms with Crippen LogP contribution in [0.25, 0.3) is 0 Å². The normalized spacial score (nSPS) is 13.5. The molecule has 4 rings (SSSR count). The van der Waals surface area contributed by atoms with E-state index in [2.05, 4.69) is 15.2 Å². The highest BCUT2D eigenvalue weighted by Crippen LogP contribution is 2.29. The maximum Gasteiger partial charge on any atom is 0.259 e. The van der Waals surface area contributed by atoms with Gasteiger partial charge < -0.3 is 19.9 Å². The van der Waals surface area contributed by atoms with E-state index in [1.165, 1.54) is 6.42 Å². The molecule has 0 bridgehead atoms. The van der Waals surface area contributed by atoms with Crippen molar-refractivity contribution >= 4 is 23.4 Å². The van der Waals surface area contributed by atoms with Gasteiger partial charge in [0, 0.05) is 27.2 Å². The number of carbonyl (C=O) groups excluding carboxylic acids is 1. The fraction of sp³-hybridized carbons (Fsp3) is 0.292. The molecule has 2 heterocycles. The number of amides is 1. The van der Waals surface area contributed by atoms with E-state index in [9.17, 15) is 4.79 Å². The van der Waals surface area contributed by atoms with Gasteiger partial charge in [-0.1, -0.05) is 30.3 Å². The van der Waals surface area contributed by atoms with E-state index in [1.807, 2.05) is 61.5 Å². The van der Waals surface area contributed by atoms with E-state index in [0.717, 1.165) is 25.9 Å². The van der Waals surface area contributed by atoms with Crippen molar-refractivity contribution in [2.75, 3.05) is 42.3 Å². The second-order valence-corrected chi connectivity index (χ2v) is 7.71. The number of piperidine rings is 1. The molecular formula is C24H27N5O2. The molecule has 3 aromatic rings. The number of para-hydroxylation sites is 2. The fourth-order valence-electron chi connectivity index (χ4n) is 3.59. The van der Waals surface area contributed by atoms with Crippen LogP contribution in [0.5, 0.6) is 11.5 Å². The average molecular weight is 418 g/mol. The molecule has 1 saturated heterocycles. The van der Waals surface area contributed by atoms with Gasteiger partial charge in [0.15, 0.2) is 5.82 Å². The number of hydrogen-bond acceptors (Lipinski definition) is 6. The number of anilines is 3. The van der Waals surface area contributed by atoms with Crippen LogP contribution >= 0.6 is 0 Å². The molecule has 0 atom stereocenters. The molecule has 0 saturated carbocycles. The lowest BCUT2D eigenvalue weighted by atomic mass is 10.1. The zero-order chi connectivity index (χ0) is 21.6. The molecule has 1 aliphatic rings. The fourth-order valence-corrected chi connectivity index (χ4v) is 3.59. The molecule has 1 fully saturated rings. The zero-order valence-electron chi connectivity index (χ0n) is 17.9. The Balaban J connectivity index is 1.57. The Hall–Kier alpha value is -3.61. The molecule has 160 valence electrons. The van der Waals surface area contributed by atoms with Gasteiger partial charge in [-0.2, -0.15) is 4.98 Å². The standard InChI is InChI=1S/C24H27N5O2/c1-28(2)22-20(17-25-24(27-22)29-15-9-4-10-16-29)26-23(30)19-13-7-8-14-21(19)31-18-11-5-3-6-12-18/h3,5-8,11-14,17H,4,9-10,15-16H2,1-2H3,(H,26,30). The SMILES string of the molecule is CN(C)c1nc(N2CCCCC2)ncc1NC(=O)c1ccccc1Oc1ccccc1. The molecule has 1 aliphatic heterocycles. The van der Waals surface area contributed by atoms with E-state index < -0.39 is 0 Å². The minimum atomic E-state index is -0.274. The molecule has 1 aromatic heterocycles. The van der Waals surface area contributed by atoms with Gasteiger partial charge in [-0.3, -0.25) is 4.79 Å². The first-order valence-corrected chi connectivity index (χ1v) is 10.5. The first-order valence-electron chi connectivity index (χ1n) is 10.5. The van der Waals surface area contributed by atoms with Gasteiger partial charge >= 0.3 is 0 Å². The highest BCUT2D eigenvalue weighted by atomic mass is 16.5. The van der Waals surface area contributed by atoms with E-state index in [4.69, 9.17) is 9.72 Å². The summed E-state index contributed by atoms with van der Waals surface area (Å²) in [7, 11) is 3.81. The molecule has 0 radical (unpaired) electrons. The minimum Gasteiger partial charge on any atom is -0.457 e. The molecule has 2 aromatic carbocycles. The quantitative estimate of drug-likeness (QED) is 0.633. The Morgan fingerprint density at radius 3 is 2.45 bits per heavy atom. The summed E-state index contributed by atoms with van der Waals surface area (Å²) in [5, 5.41) is 2.96. The Kier molecular flexibility index (Phi) is 6.31. The van der Waals surface area contributed by atoms with Crippen LogP contribution in [-0.2, 0) is 0 Å². The van der Waals surface area contributed by atoms with Crippen LogP contribution < -0.4 is 19.9 Å². The first kappa shape index (κ1) is 20.7. The van der Waals surface area contributed by atoms with Gasteiger partial charge in [-0.25, -0.2) is 4.98 Å². The van der Waals surface area contributed by atoms with E-state index in [-0.39, 0.29) is 5.91 Å². The number of benzene rings is 2. The highest BCUT2D eigenvalue weighted by molar-refractivity contribution is 6.07. The molecule has 31 heavy (non-hydrogen) atoms. The van der Waals surface area contributed by atoms with Crippen molar-refractivity contribution in [1.82, 2.24) is 9.97 Å². The van der Waals surface area contributed by atoms with Crippen molar-refractivity contribution in [2.45, 2.75) is 19.3 Å². The number of nitrogens with zero attached hydrogens (tertiary/aromatic N) is 4. The Morgan fingerprint density at radius 1 is 1.00 bits per heavy atom. The molecule has 0 unspecified atom stereocenters. The van der Waals surface area contributed by atoms with Gasteiger partial charge in [-0.15, -0.1) is 0 Å². The Labute approximate surface area is 182 Å². The molecule has 1 amide bonds. The smallest absolute Gasteiger partial charge is 0.259 e. The number of hydrogen-bond donors (Lipinski definition) is 1. The van der Waals surface area contributed by atoms with E-state index in [0.29, 0.717) is 34.5 Å². The van der Waals surface area contributed by atoms with Gasteiger partial charge in [0.1, 0.15) is 17.2 Å². The summed E-state index contributed by atoms with van der Waals surface area (Å²) in [4.78, 5) is 26.4. The third-order valence-corrected chi connectivity index (χ3v) is 5.17. The molecule has 7 heteroatoms. The summed E-state index contributed by atoms with van der Waals surface area (Å²) in [6, 6.07) is 16.6. The van der Waals surface area contributed by atoms with Crippen LogP contribution in [0.4, 0.5) is 17.5 Å². The topological polar surface area (TPSA) is 70.6 Å². The van der Waals surface area contributed by atoms with Crippen molar-refractivity contribution in [1.29, 1.82) is 0 Å². The summed E-state index contributed by atoms with van der Waals surface area (Å²) in [6.07, 6.45) is 5.23. The van der Waals surface area contributed by atoms with Crippen LogP contribution in [0, 0.1) is 0 Å². The second kappa shape index (κ2) is 9.47. The third kappa shape index (κ3) is 4.94. The van der Waals surface area contributed by atoms with Gasteiger partial charge in [0.25, 0.3) is 5.91 Å². The summed E-state index contributed by atoms with van der Waals surface area (Å²) in [5.41, 5.74) is 1.00. The van der Waals surface area contributed by atoms with Crippen molar-refractivity contribution in [3.8, 4) is 11.5 Å². The predicted molar refractivity (Wildman–Crippen MR) is 123 cm³/mol. The minimum absolute atomic E-state index is 0.274. The maximum absolute atomic E-state index is 13.1. The molecular weight excluding hydrogens is 390 g/mol. The lowest BCUT2D eigenvalue weighted by Crippen LogP contribution is -2.31. The molecule has 1 N–H and O–H groups in total. The second-order valence-electron chi connectivity index (χ2n) is 7.71.